The highest BCUT2D eigenvalue weighted by atomic mass is 19.4. The topological polar surface area (TPSA) is 46.0 Å². The van der Waals surface area contributed by atoms with E-state index in [9.17, 15) is 13.2 Å². The molecule has 1 saturated heterocycles. The molecule has 0 bridgehead atoms. The van der Waals surface area contributed by atoms with Crippen LogP contribution < -0.4 is 5.32 Å². The third-order valence-corrected chi connectivity index (χ3v) is 4.26. The van der Waals surface area contributed by atoms with Crippen LogP contribution in [0.4, 0.5) is 13.2 Å². The van der Waals surface area contributed by atoms with Crippen LogP contribution in [0.3, 0.4) is 0 Å². The fourth-order valence-electron chi connectivity index (χ4n) is 3.01. The molecule has 8 heteroatoms. The summed E-state index contributed by atoms with van der Waals surface area (Å²) < 4.78 is 39.4. The van der Waals surface area contributed by atoms with Gasteiger partial charge in [0.2, 0.25) is 5.82 Å². The SMILES string of the molecule is C[C@@H]1CNC[C@H]1CN1CCn2c(nnc2C(F)(F)F)C1. The summed E-state index contributed by atoms with van der Waals surface area (Å²) in [5, 5.41) is 10.3. The van der Waals surface area contributed by atoms with Crippen molar-refractivity contribution >= 4 is 0 Å². The molecule has 0 spiro atoms. The Bertz CT molecular complexity index is 484. The van der Waals surface area contributed by atoms with Crippen LogP contribution in [0.1, 0.15) is 18.6 Å². The lowest BCUT2D eigenvalue weighted by Gasteiger charge is -2.30. The average Bonchev–Trinajstić information content (AvgIpc) is 2.95. The van der Waals surface area contributed by atoms with Crippen molar-refractivity contribution in [2.24, 2.45) is 11.8 Å². The number of hydrogen-bond donors (Lipinski definition) is 1. The van der Waals surface area contributed by atoms with Gasteiger partial charge < -0.3 is 9.88 Å². The van der Waals surface area contributed by atoms with Gasteiger partial charge in [-0.2, -0.15) is 13.2 Å². The van der Waals surface area contributed by atoms with Crippen molar-refractivity contribution in [1.82, 2.24) is 25.0 Å². The van der Waals surface area contributed by atoms with Crippen LogP contribution in [-0.2, 0) is 19.3 Å². The van der Waals surface area contributed by atoms with Gasteiger partial charge in [-0.1, -0.05) is 6.92 Å². The molecule has 112 valence electrons. The first-order chi connectivity index (χ1) is 9.45. The van der Waals surface area contributed by atoms with Crippen LogP contribution in [0.5, 0.6) is 0 Å². The van der Waals surface area contributed by atoms with E-state index in [2.05, 4.69) is 27.3 Å². The van der Waals surface area contributed by atoms with Gasteiger partial charge in [-0.15, -0.1) is 10.2 Å². The maximum absolute atomic E-state index is 12.7. The summed E-state index contributed by atoms with van der Waals surface area (Å²) in [4.78, 5) is 2.18. The predicted molar refractivity (Wildman–Crippen MR) is 65.8 cm³/mol. The Hall–Kier alpha value is -1.15. The minimum atomic E-state index is -4.42. The van der Waals surface area contributed by atoms with Gasteiger partial charge in [0.1, 0.15) is 5.82 Å². The van der Waals surface area contributed by atoms with Gasteiger partial charge in [0.25, 0.3) is 0 Å². The molecule has 0 aliphatic carbocycles. The number of nitrogens with zero attached hydrogens (tertiary/aromatic N) is 4. The summed E-state index contributed by atoms with van der Waals surface area (Å²) in [6.45, 7) is 6.50. The van der Waals surface area contributed by atoms with Gasteiger partial charge in [-0.25, -0.2) is 0 Å². The number of fused-ring (bicyclic) bond motifs is 1. The van der Waals surface area contributed by atoms with E-state index in [1.807, 2.05) is 0 Å². The van der Waals surface area contributed by atoms with E-state index < -0.39 is 12.0 Å². The summed E-state index contributed by atoms with van der Waals surface area (Å²) in [5.41, 5.74) is 0. The molecule has 1 N–H and O–H groups in total. The Kier molecular flexibility index (Phi) is 3.45. The first-order valence-electron chi connectivity index (χ1n) is 6.87. The monoisotopic (exact) mass is 289 g/mol. The maximum Gasteiger partial charge on any atom is 0.451 e. The van der Waals surface area contributed by atoms with E-state index >= 15 is 0 Å². The van der Waals surface area contributed by atoms with E-state index in [-0.39, 0.29) is 0 Å². The van der Waals surface area contributed by atoms with Gasteiger partial charge >= 0.3 is 6.18 Å². The van der Waals surface area contributed by atoms with Crippen LogP contribution >= 0.6 is 0 Å². The van der Waals surface area contributed by atoms with Crippen LogP contribution in [0, 0.1) is 11.8 Å². The van der Waals surface area contributed by atoms with E-state index in [0.29, 0.717) is 37.3 Å². The molecule has 0 unspecified atom stereocenters. The van der Waals surface area contributed by atoms with E-state index in [1.54, 1.807) is 0 Å². The summed E-state index contributed by atoms with van der Waals surface area (Å²) in [7, 11) is 0. The molecule has 3 rings (SSSR count). The summed E-state index contributed by atoms with van der Waals surface area (Å²) >= 11 is 0. The molecule has 2 aliphatic rings. The molecule has 2 atom stereocenters. The lowest BCUT2D eigenvalue weighted by Crippen LogP contribution is -2.39. The van der Waals surface area contributed by atoms with Crippen molar-refractivity contribution in [2.45, 2.75) is 26.2 Å². The van der Waals surface area contributed by atoms with Crippen molar-refractivity contribution in [3.8, 4) is 0 Å². The van der Waals surface area contributed by atoms with E-state index in [1.165, 1.54) is 4.57 Å². The average molecular weight is 289 g/mol. The number of halogens is 3. The normalized spacial score (nSPS) is 27.8. The summed E-state index contributed by atoms with van der Waals surface area (Å²) in [5.74, 6) is 0.720. The smallest absolute Gasteiger partial charge is 0.316 e. The lowest BCUT2D eigenvalue weighted by molar-refractivity contribution is -0.148. The molecule has 1 aromatic heterocycles. The Morgan fingerprint density at radius 1 is 1.25 bits per heavy atom. The number of aromatic nitrogens is 3. The second kappa shape index (κ2) is 5.00. The standard InChI is InChI=1S/C12H18F3N5/c1-8-4-16-5-9(8)6-19-2-3-20-10(7-19)17-18-11(20)12(13,14)15/h8-9,16H,2-7H2,1H3/t8-,9+/m1/s1. The third-order valence-electron chi connectivity index (χ3n) is 4.26. The number of rotatable bonds is 2. The molecule has 0 saturated carbocycles. The number of nitrogens with one attached hydrogen (secondary N) is 1. The second-order valence-electron chi connectivity index (χ2n) is 5.72. The largest absolute Gasteiger partial charge is 0.451 e. The van der Waals surface area contributed by atoms with Crippen molar-refractivity contribution in [2.75, 3.05) is 26.2 Å². The van der Waals surface area contributed by atoms with Crippen molar-refractivity contribution < 1.29 is 13.2 Å². The molecule has 20 heavy (non-hydrogen) atoms. The van der Waals surface area contributed by atoms with Gasteiger partial charge in [-0.3, -0.25) is 4.90 Å². The molecule has 5 nitrogen and oxygen atoms in total. The van der Waals surface area contributed by atoms with Gasteiger partial charge in [0, 0.05) is 19.6 Å². The van der Waals surface area contributed by atoms with Crippen LogP contribution in [0.25, 0.3) is 0 Å². The van der Waals surface area contributed by atoms with E-state index in [0.717, 1.165) is 19.6 Å². The summed E-state index contributed by atoms with van der Waals surface area (Å²) in [6, 6.07) is 0. The molecular weight excluding hydrogens is 271 g/mol. The van der Waals surface area contributed by atoms with Gasteiger partial charge in [0.05, 0.1) is 6.54 Å². The fraction of sp³-hybridized carbons (Fsp3) is 0.833. The first kappa shape index (κ1) is 13.8. The molecule has 1 fully saturated rings. The van der Waals surface area contributed by atoms with Crippen LogP contribution in [0.15, 0.2) is 0 Å². The predicted octanol–water partition coefficient (Wildman–Crippen LogP) is 0.968. The van der Waals surface area contributed by atoms with Gasteiger partial charge in [0.15, 0.2) is 0 Å². The van der Waals surface area contributed by atoms with Gasteiger partial charge in [-0.05, 0) is 24.9 Å². The molecule has 1 aromatic rings. The zero-order valence-corrected chi connectivity index (χ0v) is 11.3. The lowest BCUT2D eigenvalue weighted by atomic mass is 9.97. The Morgan fingerprint density at radius 3 is 2.70 bits per heavy atom. The number of alkyl halides is 3. The van der Waals surface area contributed by atoms with Crippen LogP contribution in [-0.4, -0.2) is 45.8 Å². The zero-order chi connectivity index (χ0) is 14.3. The first-order valence-corrected chi connectivity index (χ1v) is 6.87. The maximum atomic E-state index is 12.7. The second-order valence-corrected chi connectivity index (χ2v) is 5.72. The molecule has 0 amide bonds. The Labute approximate surface area is 115 Å². The minimum Gasteiger partial charge on any atom is -0.316 e. The molecule has 2 aliphatic heterocycles. The van der Waals surface area contributed by atoms with Crippen molar-refractivity contribution in [1.29, 1.82) is 0 Å². The van der Waals surface area contributed by atoms with Crippen molar-refractivity contribution in [3.05, 3.63) is 11.6 Å². The highest BCUT2D eigenvalue weighted by Crippen LogP contribution is 2.29. The molecular formula is C12H18F3N5. The molecule has 0 radical (unpaired) electrons. The summed E-state index contributed by atoms with van der Waals surface area (Å²) in [6.07, 6.45) is -4.42. The molecule has 0 aromatic carbocycles. The highest BCUT2D eigenvalue weighted by Gasteiger charge is 2.39. The Balaban J connectivity index is 1.69. The quantitative estimate of drug-likeness (QED) is 0.881. The fourth-order valence-corrected chi connectivity index (χ4v) is 3.01. The van der Waals surface area contributed by atoms with Crippen LogP contribution in [0.2, 0.25) is 0 Å². The zero-order valence-electron chi connectivity index (χ0n) is 11.3. The number of hydrogen-bond acceptors (Lipinski definition) is 4. The van der Waals surface area contributed by atoms with Crippen molar-refractivity contribution in [3.63, 3.8) is 0 Å². The minimum absolute atomic E-state index is 0.311. The third kappa shape index (κ3) is 2.54. The molecule has 3 heterocycles. The van der Waals surface area contributed by atoms with E-state index in [4.69, 9.17) is 0 Å². The highest BCUT2D eigenvalue weighted by molar-refractivity contribution is 5.02. The Morgan fingerprint density at radius 2 is 2.05 bits per heavy atom.